The van der Waals surface area contributed by atoms with Crippen LogP contribution in [0.1, 0.15) is 27.2 Å². The van der Waals surface area contributed by atoms with Crippen molar-refractivity contribution in [3.8, 4) is 0 Å². The van der Waals surface area contributed by atoms with Crippen molar-refractivity contribution in [3.05, 3.63) is 63.6 Å². The number of thiazole rings is 1. The minimum Gasteiger partial charge on any atom is -0.323 e. The molecule has 2 nitrogen and oxygen atoms in total. The summed E-state index contributed by atoms with van der Waals surface area (Å²) in [5, 5.41) is 3.66. The van der Waals surface area contributed by atoms with Crippen molar-refractivity contribution in [3.63, 3.8) is 0 Å². The fourth-order valence-corrected chi connectivity index (χ4v) is 3.62. The third kappa shape index (κ3) is 2.47. The summed E-state index contributed by atoms with van der Waals surface area (Å²) in [7, 11) is 0. The van der Waals surface area contributed by atoms with Gasteiger partial charge in [0.2, 0.25) is 0 Å². The highest BCUT2D eigenvalue weighted by Gasteiger charge is 2.15. The van der Waals surface area contributed by atoms with Crippen molar-refractivity contribution in [2.75, 3.05) is 0 Å². The lowest BCUT2D eigenvalue weighted by molar-refractivity contribution is 0.732. The molecule has 2 aromatic carbocycles. The standard InChI is InChI=1S/C17H18N2S/c1-11-17(20-12(2)19-11)16(18)10-14-8-5-7-13-6-3-4-9-15(13)14/h3-9,16H,10,18H2,1-2H3. The molecule has 0 fully saturated rings. The Balaban J connectivity index is 1.95. The van der Waals surface area contributed by atoms with Gasteiger partial charge in [-0.1, -0.05) is 42.5 Å². The molecule has 1 unspecified atom stereocenters. The molecule has 0 radical (unpaired) electrons. The first kappa shape index (κ1) is 13.3. The molecule has 2 N–H and O–H groups in total. The molecule has 1 heterocycles. The number of benzene rings is 2. The first-order valence-electron chi connectivity index (χ1n) is 6.81. The van der Waals surface area contributed by atoms with Crippen LogP contribution in [0, 0.1) is 13.8 Å². The second kappa shape index (κ2) is 5.35. The lowest BCUT2D eigenvalue weighted by Crippen LogP contribution is -2.13. The molecular formula is C17H18N2S. The van der Waals surface area contributed by atoms with Crippen LogP contribution in [0.15, 0.2) is 42.5 Å². The first-order valence-corrected chi connectivity index (χ1v) is 7.63. The van der Waals surface area contributed by atoms with Crippen LogP contribution in [0.4, 0.5) is 0 Å². The summed E-state index contributed by atoms with van der Waals surface area (Å²) in [6, 6.07) is 14.9. The van der Waals surface area contributed by atoms with Gasteiger partial charge in [0.1, 0.15) is 0 Å². The fourth-order valence-electron chi connectivity index (χ4n) is 2.69. The van der Waals surface area contributed by atoms with Gasteiger partial charge in [0.05, 0.1) is 10.7 Å². The SMILES string of the molecule is Cc1nc(C)c(C(N)Cc2cccc3ccccc23)s1. The Bertz CT molecular complexity index is 740. The average Bonchev–Trinajstić information content (AvgIpc) is 2.78. The van der Waals surface area contributed by atoms with Crippen molar-refractivity contribution in [1.82, 2.24) is 4.98 Å². The minimum atomic E-state index is 0.0204. The highest BCUT2D eigenvalue weighted by Crippen LogP contribution is 2.28. The van der Waals surface area contributed by atoms with Crippen LogP contribution in [0.2, 0.25) is 0 Å². The molecule has 0 aliphatic heterocycles. The molecule has 0 saturated heterocycles. The molecule has 0 spiro atoms. The van der Waals surface area contributed by atoms with Crippen LogP contribution < -0.4 is 5.73 Å². The quantitative estimate of drug-likeness (QED) is 0.783. The molecule has 1 aromatic heterocycles. The van der Waals surface area contributed by atoms with Gasteiger partial charge in [-0.05, 0) is 36.6 Å². The second-order valence-electron chi connectivity index (χ2n) is 5.13. The predicted molar refractivity (Wildman–Crippen MR) is 86.2 cm³/mol. The van der Waals surface area contributed by atoms with Gasteiger partial charge in [0, 0.05) is 10.9 Å². The van der Waals surface area contributed by atoms with E-state index >= 15 is 0 Å². The van der Waals surface area contributed by atoms with Crippen molar-refractivity contribution in [2.24, 2.45) is 5.73 Å². The lowest BCUT2D eigenvalue weighted by Gasteiger charge is -2.12. The number of nitrogens with zero attached hydrogens (tertiary/aromatic N) is 1. The van der Waals surface area contributed by atoms with E-state index in [1.165, 1.54) is 21.2 Å². The zero-order valence-electron chi connectivity index (χ0n) is 11.8. The number of rotatable bonds is 3. The van der Waals surface area contributed by atoms with Gasteiger partial charge in [-0.15, -0.1) is 11.3 Å². The Morgan fingerprint density at radius 2 is 1.85 bits per heavy atom. The van der Waals surface area contributed by atoms with E-state index in [9.17, 15) is 0 Å². The monoisotopic (exact) mass is 282 g/mol. The summed E-state index contributed by atoms with van der Waals surface area (Å²) in [6.07, 6.45) is 0.851. The molecule has 0 saturated carbocycles. The number of fused-ring (bicyclic) bond motifs is 1. The molecule has 3 heteroatoms. The lowest BCUT2D eigenvalue weighted by atomic mass is 9.98. The maximum Gasteiger partial charge on any atom is 0.0900 e. The Morgan fingerprint density at radius 1 is 1.10 bits per heavy atom. The second-order valence-corrected chi connectivity index (χ2v) is 6.37. The molecule has 0 amide bonds. The van der Waals surface area contributed by atoms with Gasteiger partial charge in [0.25, 0.3) is 0 Å². The van der Waals surface area contributed by atoms with Crippen LogP contribution in [0.3, 0.4) is 0 Å². The molecule has 3 rings (SSSR count). The predicted octanol–water partition coefficient (Wildman–Crippen LogP) is 4.16. The zero-order chi connectivity index (χ0) is 14.1. The maximum absolute atomic E-state index is 6.40. The average molecular weight is 282 g/mol. The number of hydrogen-bond donors (Lipinski definition) is 1. The summed E-state index contributed by atoms with van der Waals surface area (Å²) in [5.41, 5.74) is 8.78. The van der Waals surface area contributed by atoms with Crippen LogP contribution >= 0.6 is 11.3 Å². The zero-order valence-corrected chi connectivity index (χ0v) is 12.6. The molecular weight excluding hydrogens is 264 g/mol. The topological polar surface area (TPSA) is 38.9 Å². The third-order valence-electron chi connectivity index (χ3n) is 3.60. The summed E-state index contributed by atoms with van der Waals surface area (Å²) >= 11 is 1.71. The molecule has 1 atom stereocenters. The van der Waals surface area contributed by atoms with Crippen LogP contribution in [-0.4, -0.2) is 4.98 Å². The minimum absolute atomic E-state index is 0.0204. The highest BCUT2D eigenvalue weighted by molar-refractivity contribution is 7.11. The molecule has 0 bridgehead atoms. The molecule has 20 heavy (non-hydrogen) atoms. The summed E-state index contributed by atoms with van der Waals surface area (Å²) < 4.78 is 0. The van der Waals surface area contributed by atoms with E-state index in [-0.39, 0.29) is 6.04 Å². The molecule has 0 aliphatic rings. The van der Waals surface area contributed by atoms with Crippen LogP contribution in [0.25, 0.3) is 10.8 Å². The molecule has 3 aromatic rings. The van der Waals surface area contributed by atoms with E-state index in [4.69, 9.17) is 5.73 Å². The third-order valence-corrected chi connectivity index (χ3v) is 4.80. The number of aromatic nitrogens is 1. The van der Waals surface area contributed by atoms with Crippen molar-refractivity contribution in [1.29, 1.82) is 0 Å². The number of hydrogen-bond acceptors (Lipinski definition) is 3. The smallest absolute Gasteiger partial charge is 0.0900 e. The van der Waals surface area contributed by atoms with Crippen molar-refractivity contribution in [2.45, 2.75) is 26.3 Å². The summed E-state index contributed by atoms with van der Waals surface area (Å²) in [6.45, 7) is 4.08. The first-order chi connectivity index (χ1) is 9.65. The van der Waals surface area contributed by atoms with Crippen molar-refractivity contribution < 1.29 is 0 Å². The molecule has 0 aliphatic carbocycles. The van der Waals surface area contributed by atoms with E-state index < -0.39 is 0 Å². The van der Waals surface area contributed by atoms with Gasteiger partial charge in [-0.2, -0.15) is 0 Å². The Morgan fingerprint density at radius 3 is 2.60 bits per heavy atom. The van der Waals surface area contributed by atoms with Gasteiger partial charge in [0.15, 0.2) is 0 Å². The van der Waals surface area contributed by atoms with Gasteiger partial charge in [-0.3, -0.25) is 0 Å². The van der Waals surface area contributed by atoms with Gasteiger partial charge in [-0.25, -0.2) is 4.98 Å². The fraction of sp³-hybridized carbons (Fsp3) is 0.235. The van der Waals surface area contributed by atoms with E-state index in [0.717, 1.165) is 17.1 Å². The summed E-state index contributed by atoms with van der Waals surface area (Å²) in [5.74, 6) is 0. The Kier molecular flexibility index (Phi) is 3.55. The van der Waals surface area contributed by atoms with E-state index in [0.29, 0.717) is 0 Å². The highest BCUT2D eigenvalue weighted by atomic mass is 32.1. The Hall–Kier alpha value is -1.71. The normalized spacial score (nSPS) is 12.8. The molecule has 102 valence electrons. The van der Waals surface area contributed by atoms with Gasteiger partial charge >= 0.3 is 0 Å². The number of nitrogens with two attached hydrogens (primary N) is 1. The number of aryl methyl sites for hydroxylation is 2. The van der Waals surface area contributed by atoms with E-state index in [1.807, 2.05) is 13.8 Å². The maximum atomic E-state index is 6.40. The summed E-state index contributed by atoms with van der Waals surface area (Å²) in [4.78, 5) is 5.68. The van der Waals surface area contributed by atoms with Crippen LogP contribution in [0.5, 0.6) is 0 Å². The van der Waals surface area contributed by atoms with Crippen LogP contribution in [-0.2, 0) is 6.42 Å². The Labute approximate surface area is 123 Å². The van der Waals surface area contributed by atoms with E-state index in [2.05, 4.69) is 47.4 Å². The van der Waals surface area contributed by atoms with Crippen molar-refractivity contribution >= 4 is 22.1 Å². The van der Waals surface area contributed by atoms with Gasteiger partial charge < -0.3 is 5.73 Å². The largest absolute Gasteiger partial charge is 0.323 e. The van der Waals surface area contributed by atoms with E-state index in [1.54, 1.807) is 11.3 Å².